The summed E-state index contributed by atoms with van der Waals surface area (Å²) in [4.78, 5) is 39.2. The number of hydrogen-bond donors (Lipinski definition) is 1. The first-order valence-electron chi connectivity index (χ1n) is 9.91. The number of nitrogens with one attached hydrogen (secondary N) is 1. The first kappa shape index (κ1) is 22.3. The van der Waals surface area contributed by atoms with Crippen LogP contribution in [0, 0.1) is 15.9 Å². The molecule has 0 aliphatic rings. The Morgan fingerprint density at radius 2 is 1.71 bits per heavy atom. The summed E-state index contributed by atoms with van der Waals surface area (Å²) in [6.45, 7) is -0.756. The zero-order chi connectivity index (χ0) is 24.1. The number of ether oxygens (including phenoxy) is 1. The molecule has 0 bridgehead atoms. The van der Waals surface area contributed by atoms with Gasteiger partial charge in [0.05, 0.1) is 16.7 Å². The van der Waals surface area contributed by atoms with Gasteiger partial charge in [0.15, 0.2) is 12.4 Å². The van der Waals surface area contributed by atoms with E-state index >= 15 is 0 Å². The summed E-state index contributed by atoms with van der Waals surface area (Å²) < 4.78 is 19.7. The minimum atomic E-state index is -0.962. The molecule has 3 aromatic carbocycles. The quantitative estimate of drug-likeness (QED) is 0.252. The van der Waals surface area contributed by atoms with Crippen LogP contribution in [-0.2, 0) is 9.53 Å². The monoisotopic (exact) mass is 461 g/mol. The molecule has 170 valence electrons. The molecule has 0 aliphatic heterocycles. The van der Waals surface area contributed by atoms with Crippen LogP contribution in [0.15, 0.2) is 78.9 Å². The molecule has 0 atom stereocenters. The lowest BCUT2D eigenvalue weighted by Crippen LogP contribution is -2.22. The summed E-state index contributed by atoms with van der Waals surface area (Å²) in [5.41, 5.74) is 0.509. The van der Waals surface area contributed by atoms with E-state index in [0.29, 0.717) is 23.1 Å². The number of nitro groups is 1. The Morgan fingerprint density at radius 3 is 2.38 bits per heavy atom. The second kappa shape index (κ2) is 9.69. The number of benzene rings is 3. The lowest BCUT2D eigenvalue weighted by atomic mass is 10.2. The highest BCUT2D eigenvalue weighted by atomic mass is 19.1. The van der Waals surface area contributed by atoms with Gasteiger partial charge in [0.1, 0.15) is 11.5 Å². The fourth-order valence-electron chi connectivity index (χ4n) is 3.07. The molecule has 1 aromatic heterocycles. The van der Waals surface area contributed by atoms with Crippen molar-refractivity contribution in [2.24, 2.45) is 0 Å². The summed E-state index contributed by atoms with van der Waals surface area (Å²) in [6.07, 6.45) is 0. The van der Waals surface area contributed by atoms with Gasteiger partial charge in [-0.25, -0.2) is 18.9 Å². The maximum Gasteiger partial charge on any atom is 0.378 e. The fourth-order valence-corrected chi connectivity index (χ4v) is 3.07. The van der Waals surface area contributed by atoms with Crippen molar-refractivity contribution in [2.45, 2.75) is 0 Å². The third kappa shape index (κ3) is 4.93. The number of carbonyl (C=O) groups excluding carboxylic acids is 2. The number of hydrogen-bond acceptors (Lipinski definition) is 7. The highest BCUT2D eigenvalue weighted by molar-refractivity contribution is 5.96. The van der Waals surface area contributed by atoms with Crippen LogP contribution in [0.5, 0.6) is 0 Å². The summed E-state index contributed by atoms with van der Waals surface area (Å²) >= 11 is 0. The number of anilines is 1. The molecule has 1 N–H and O–H groups in total. The molecule has 0 unspecified atom stereocenters. The summed E-state index contributed by atoms with van der Waals surface area (Å²) in [7, 11) is 0. The van der Waals surface area contributed by atoms with Crippen LogP contribution >= 0.6 is 0 Å². The smallest absolute Gasteiger partial charge is 0.378 e. The number of aromatic nitrogens is 3. The Balaban J connectivity index is 1.51. The van der Waals surface area contributed by atoms with Crippen molar-refractivity contribution in [3.05, 3.63) is 101 Å². The SMILES string of the molecule is O=C(COC(=O)c1nc(-c2ccccc2)n(-c2ccccc2)n1)Nc1ccc(F)cc1[N+](=O)[O-]. The van der Waals surface area contributed by atoms with Crippen LogP contribution in [0.25, 0.3) is 17.1 Å². The number of carbonyl (C=O) groups is 2. The maximum atomic E-state index is 13.3. The Morgan fingerprint density at radius 1 is 1.03 bits per heavy atom. The number of halogens is 1. The largest absolute Gasteiger partial charge is 0.450 e. The van der Waals surface area contributed by atoms with Crippen molar-refractivity contribution >= 4 is 23.3 Å². The number of amides is 1. The predicted octanol–water partition coefficient (Wildman–Crippen LogP) is 3.78. The first-order chi connectivity index (χ1) is 16.4. The molecule has 4 rings (SSSR count). The summed E-state index contributed by atoms with van der Waals surface area (Å²) in [6, 6.07) is 20.8. The van der Waals surface area contributed by atoms with Gasteiger partial charge in [0.25, 0.3) is 17.4 Å². The van der Waals surface area contributed by atoms with Gasteiger partial charge < -0.3 is 10.1 Å². The third-order valence-corrected chi connectivity index (χ3v) is 4.59. The first-order valence-corrected chi connectivity index (χ1v) is 9.91. The standard InChI is InChI=1S/C23H16FN5O5/c24-16-11-12-18(19(13-16)29(32)33)25-20(30)14-34-23(31)21-26-22(15-7-3-1-4-8-15)28(27-21)17-9-5-2-6-10-17/h1-13H,14H2,(H,25,30). The van der Waals surface area contributed by atoms with Crippen LogP contribution in [0.4, 0.5) is 15.8 Å². The van der Waals surface area contributed by atoms with Crippen LogP contribution < -0.4 is 5.32 Å². The number of rotatable bonds is 7. The van der Waals surface area contributed by atoms with Crippen LogP contribution in [0.1, 0.15) is 10.6 Å². The van der Waals surface area contributed by atoms with Crippen molar-refractivity contribution in [2.75, 3.05) is 11.9 Å². The van der Waals surface area contributed by atoms with Gasteiger partial charge in [-0.2, -0.15) is 0 Å². The van der Waals surface area contributed by atoms with Crippen molar-refractivity contribution in [3.8, 4) is 17.1 Å². The van der Waals surface area contributed by atoms with Crippen molar-refractivity contribution in [1.82, 2.24) is 14.8 Å². The lowest BCUT2D eigenvalue weighted by Gasteiger charge is -2.06. The van der Waals surface area contributed by atoms with E-state index in [0.717, 1.165) is 12.1 Å². The van der Waals surface area contributed by atoms with Gasteiger partial charge in [-0.1, -0.05) is 48.5 Å². The minimum absolute atomic E-state index is 0.231. The van der Waals surface area contributed by atoms with Crippen molar-refractivity contribution < 1.29 is 23.6 Å². The third-order valence-electron chi connectivity index (χ3n) is 4.59. The molecule has 34 heavy (non-hydrogen) atoms. The van der Waals surface area contributed by atoms with Gasteiger partial charge in [0, 0.05) is 5.56 Å². The molecule has 1 heterocycles. The molecule has 0 aliphatic carbocycles. The highest BCUT2D eigenvalue weighted by Gasteiger charge is 2.22. The van der Waals surface area contributed by atoms with Crippen LogP contribution in [-0.4, -0.2) is 38.2 Å². The molecule has 4 aromatic rings. The van der Waals surface area contributed by atoms with E-state index in [1.807, 2.05) is 48.5 Å². The number of esters is 1. The number of nitrogens with zero attached hydrogens (tertiary/aromatic N) is 4. The Bertz CT molecular complexity index is 1300. The van der Waals surface area contributed by atoms with E-state index in [1.165, 1.54) is 4.68 Å². The molecule has 10 nitrogen and oxygen atoms in total. The van der Waals surface area contributed by atoms with Crippen molar-refractivity contribution in [1.29, 1.82) is 0 Å². The molecule has 0 radical (unpaired) electrons. The predicted molar refractivity (Wildman–Crippen MR) is 119 cm³/mol. The van der Waals surface area contributed by atoms with E-state index in [-0.39, 0.29) is 11.5 Å². The topological polar surface area (TPSA) is 129 Å². The van der Waals surface area contributed by atoms with Crippen LogP contribution in [0.3, 0.4) is 0 Å². The Labute approximate surface area is 191 Å². The maximum absolute atomic E-state index is 13.3. The van der Waals surface area contributed by atoms with E-state index in [1.54, 1.807) is 12.1 Å². The van der Waals surface area contributed by atoms with Crippen molar-refractivity contribution in [3.63, 3.8) is 0 Å². The average Bonchev–Trinajstić information content (AvgIpc) is 3.30. The zero-order valence-electron chi connectivity index (χ0n) is 17.4. The van der Waals surface area contributed by atoms with E-state index in [9.17, 15) is 24.1 Å². The zero-order valence-corrected chi connectivity index (χ0v) is 17.4. The minimum Gasteiger partial charge on any atom is -0.450 e. The lowest BCUT2D eigenvalue weighted by molar-refractivity contribution is -0.384. The van der Waals surface area contributed by atoms with E-state index in [4.69, 9.17) is 4.74 Å². The van der Waals surface area contributed by atoms with Gasteiger partial charge >= 0.3 is 5.97 Å². The molecular weight excluding hydrogens is 445 g/mol. The molecule has 0 fully saturated rings. The highest BCUT2D eigenvalue weighted by Crippen LogP contribution is 2.25. The van der Waals surface area contributed by atoms with E-state index in [2.05, 4.69) is 15.4 Å². The van der Waals surface area contributed by atoms with Gasteiger partial charge in [0.2, 0.25) is 0 Å². The fraction of sp³-hybridized carbons (Fsp3) is 0.0435. The molecule has 0 saturated carbocycles. The summed E-state index contributed by atoms with van der Waals surface area (Å²) in [5.74, 6) is -2.52. The van der Waals surface area contributed by atoms with Gasteiger partial charge in [-0.05, 0) is 24.3 Å². The Kier molecular flexibility index (Phi) is 6.35. The number of para-hydroxylation sites is 1. The van der Waals surface area contributed by atoms with Gasteiger partial charge in [-0.3, -0.25) is 14.9 Å². The molecule has 0 spiro atoms. The normalized spacial score (nSPS) is 10.5. The molecular formula is C23H16FN5O5. The second-order valence-corrected chi connectivity index (χ2v) is 6.92. The molecule has 1 amide bonds. The second-order valence-electron chi connectivity index (χ2n) is 6.92. The van der Waals surface area contributed by atoms with E-state index < -0.39 is 34.9 Å². The van der Waals surface area contributed by atoms with Gasteiger partial charge in [-0.15, -0.1) is 5.10 Å². The number of nitro benzene ring substituents is 1. The van der Waals surface area contributed by atoms with Crippen LogP contribution in [0.2, 0.25) is 0 Å². The summed E-state index contributed by atoms with van der Waals surface area (Å²) in [5, 5.41) is 17.5. The Hall–Kier alpha value is -4.93. The molecule has 11 heteroatoms. The molecule has 0 saturated heterocycles. The average molecular weight is 461 g/mol.